The number of H-pyrrole nitrogens is 1. The van der Waals surface area contributed by atoms with Crippen molar-refractivity contribution >= 4 is 33.4 Å². The number of aromatic nitrogens is 4. The Balaban J connectivity index is 1.79. The smallest absolute Gasteiger partial charge is 0.139 e. The van der Waals surface area contributed by atoms with Crippen LogP contribution in [0.4, 0.5) is 11.5 Å². The highest BCUT2D eigenvalue weighted by Crippen LogP contribution is 2.31. The predicted molar refractivity (Wildman–Crippen MR) is 103 cm³/mol. The second kappa shape index (κ2) is 6.24. The summed E-state index contributed by atoms with van der Waals surface area (Å²) in [5.74, 6) is 1.80. The van der Waals surface area contributed by atoms with Gasteiger partial charge in [0.05, 0.1) is 16.7 Å². The van der Waals surface area contributed by atoms with Gasteiger partial charge in [0, 0.05) is 24.3 Å². The van der Waals surface area contributed by atoms with Crippen molar-refractivity contribution in [2.24, 2.45) is 0 Å². The maximum Gasteiger partial charge on any atom is 0.139 e. The molecular weight excluding hydrogens is 310 g/mol. The second-order valence-corrected chi connectivity index (χ2v) is 6.56. The first kappa shape index (κ1) is 15.7. The molecule has 0 amide bonds. The van der Waals surface area contributed by atoms with Crippen LogP contribution >= 0.6 is 0 Å². The van der Waals surface area contributed by atoms with E-state index in [1.807, 2.05) is 13.1 Å². The van der Waals surface area contributed by atoms with Crippen LogP contribution in [0.3, 0.4) is 0 Å². The molecule has 1 aromatic carbocycles. The molecular formula is C20H23N5. The molecule has 0 saturated heterocycles. The van der Waals surface area contributed by atoms with Gasteiger partial charge in [0.25, 0.3) is 0 Å². The number of nitrogens with one attached hydrogen (secondary N) is 2. The van der Waals surface area contributed by atoms with E-state index in [1.165, 1.54) is 18.4 Å². The van der Waals surface area contributed by atoms with Gasteiger partial charge in [-0.05, 0) is 44.0 Å². The predicted octanol–water partition coefficient (Wildman–Crippen LogP) is 5.07. The number of pyridine rings is 1. The zero-order chi connectivity index (χ0) is 17.4. The Labute approximate surface area is 147 Å². The molecule has 0 radical (unpaired) electrons. The average Bonchev–Trinajstić information content (AvgIpc) is 3.19. The Bertz CT molecular complexity index is 1040. The molecule has 3 heterocycles. The number of fused-ring (bicyclic) bond motifs is 2. The van der Waals surface area contributed by atoms with E-state index in [2.05, 4.69) is 69.1 Å². The van der Waals surface area contributed by atoms with E-state index in [0.29, 0.717) is 0 Å². The molecule has 0 spiro atoms. The number of aryl methyl sites for hydroxylation is 3. The summed E-state index contributed by atoms with van der Waals surface area (Å²) in [6.45, 7) is 7.33. The Morgan fingerprint density at radius 3 is 2.88 bits per heavy atom. The Hall–Kier alpha value is -2.82. The fourth-order valence-corrected chi connectivity index (χ4v) is 3.32. The summed E-state index contributed by atoms with van der Waals surface area (Å²) in [7, 11) is 0. The van der Waals surface area contributed by atoms with Gasteiger partial charge in [-0.15, -0.1) is 0 Å². The maximum absolute atomic E-state index is 4.64. The molecule has 0 unspecified atom stereocenters. The van der Waals surface area contributed by atoms with Crippen LogP contribution in [0.25, 0.3) is 21.9 Å². The molecule has 0 aliphatic carbocycles. The van der Waals surface area contributed by atoms with Gasteiger partial charge in [0.15, 0.2) is 0 Å². The molecule has 0 saturated carbocycles. The maximum atomic E-state index is 4.64. The largest absolute Gasteiger partial charge is 0.347 e. The van der Waals surface area contributed by atoms with Crippen molar-refractivity contribution in [1.29, 1.82) is 0 Å². The third-order valence-corrected chi connectivity index (χ3v) is 4.68. The van der Waals surface area contributed by atoms with Crippen molar-refractivity contribution in [3.05, 3.63) is 48.0 Å². The van der Waals surface area contributed by atoms with Crippen LogP contribution in [-0.4, -0.2) is 19.5 Å². The topological polar surface area (TPSA) is 58.5 Å². The third kappa shape index (κ3) is 2.76. The van der Waals surface area contributed by atoms with E-state index < -0.39 is 0 Å². The first-order valence-corrected chi connectivity index (χ1v) is 8.84. The number of hydrogen-bond donors (Lipinski definition) is 2. The fourth-order valence-electron chi connectivity index (χ4n) is 3.32. The summed E-state index contributed by atoms with van der Waals surface area (Å²) >= 11 is 0. The van der Waals surface area contributed by atoms with Crippen LogP contribution in [0.1, 0.15) is 31.2 Å². The van der Waals surface area contributed by atoms with E-state index in [1.54, 1.807) is 0 Å². The van der Waals surface area contributed by atoms with Crippen LogP contribution in [0.5, 0.6) is 0 Å². The van der Waals surface area contributed by atoms with E-state index in [0.717, 1.165) is 45.9 Å². The summed E-state index contributed by atoms with van der Waals surface area (Å²) in [5, 5.41) is 4.67. The molecule has 0 atom stereocenters. The highest BCUT2D eigenvalue weighted by atomic mass is 15.0. The molecule has 0 aliphatic rings. The summed E-state index contributed by atoms with van der Waals surface area (Å²) in [6.07, 6.45) is 6.40. The minimum atomic E-state index is 0.879. The summed E-state index contributed by atoms with van der Waals surface area (Å²) in [4.78, 5) is 12.5. The molecule has 4 rings (SSSR count). The number of rotatable bonds is 5. The number of hydrogen-bond acceptors (Lipinski definition) is 3. The van der Waals surface area contributed by atoms with Gasteiger partial charge in [-0.2, -0.15) is 0 Å². The lowest BCUT2D eigenvalue weighted by Gasteiger charge is -2.11. The molecule has 4 aromatic rings. The standard InChI is InChI=1S/C20H23N5/c1-4-5-11-25-12-9-15-17(25)8-10-21-20(15)24-18-13(2)6-7-16-19(18)23-14(3)22-16/h6-10,12H,4-5,11H2,1-3H3,(H,21,24)(H,22,23). The van der Waals surface area contributed by atoms with E-state index >= 15 is 0 Å². The van der Waals surface area contributed by atoms with Crippen molar-refractivity contribution in [2.45, 2.75) is 40.2 Å². The minimum absolute atomic E-state index is 0.879. The lowest BCUT2D eigenvalue weighted by atomic mass is 10.1. The molecule has 3 aromatic heterocycles. The van der Waals surface area contributed by atoms with Crippen LogP contribution in [-0.2, 0) is 6.54 Å². The summed E-state index contributed by atoms with van der Waals surface area (Å²) in [6, 6.07) is 8.41. The minimum Gasteiger partial charge on any atom is -0.347 e. The molecule has 0 fully saturated rings. The monoisotopic (exact) mass is 333 g/mol. The first-order chi connectivity index (χ1) is 12.2. The van der Waals surface area contributed by atoms with Crippen molar-refractivity contribution < 1.29 is 0 Å². The second-order valence-electron chi connectivity index (χ2n) is 6.56. The Morgan fingerprint density at radius 1 is 1.16 bits per heavy atom. The molecule has 5 heteroatoms. The molecule has 2 N–H and O–H groups in total. The summed E-state index contributed by atoms with van der Waals surface area (Å²) < 4.78 is 2.30. The van der Waals surface area contributed by atoms with Gasteiger partial charge in [-0.25, -0.2) is 9.97 Å². The highest BCUT2D eigenvalue weighted by Gasteiger charge is 2.12. The normalized spacial score (nSPS) is 11.5. The Morgan fingerprint density at radius 2 is 2.04 bits per heavy atom. The number of imidazole rings is 1. The number of aromatic amines is 1. The van der Waals surface area contributed by atoms with Crippen molar-refractivity contribution in [3.63, 3.8) is 0 Å². The zero-order valence-corrected chi connectivity index (χ0v) is 14.9. The Kier molecular flexibility index (Phi) is 3.92. The molecule has 25 heavy (non-hydrogen) atoms. The van der Waals surface area contributed by atoms with Gasteiger partial charge in [0.1, 0.15) is 17.2 Å². The van der Waals surface area contributed by atoms with Crippen molar-refractivity contribution in [1.82, 2.24) is 19.5 Å². The van der Waals surface area contributed by atoms with Crippen LogP contribution in [0, 0.1) is 13.8 Å². The van der Waals surface area contributed by atoms with Gasteiger partial charge < -0.3 is 14.9 Å². The van der Waals surface area contributed by atoms with E-state index in [-0.39, 0.29) is 0 Å². The number of anilines is 2. The number of unbranched alkanes of at least 4 members (excludes halogenated alkanes) is 1. The molecule has 0 bridgehead atoms. The summed E-state index contributed by atoms with van der Waals surface area (Å²) in [5.41, 5.74) is 5.39. The highest BCUT2D eigenvalue weighted by molar-refractivity contribution is 5.97. The van der Waals surface area contributed by atoms with E-state index in [9.17, 15) is 0 Å². The van der Waals surface area contributed by atoms with Gasteiger partial charge in [-0.3, -0.25) is 0 Å². The fraction of sp³-hybridized carbons (Fsp3) is 0.300. The van der Waals surface area contributed by atoms with Crippen molar-refractivity contribution in [2.75, 3.05) is 5.32 Å². The van der Waals surface area contributed by atoms with Crippen molar-refractivity contribution in [3.8, 4) is 0 Å². The lowest BCUT2D eigenvalue weighted by molar-refractivity contribution is 0.650. The van der Waals surface area contributed by atoms with Gasteiger partial charge in [0.2, 0.25) is 0 Å². The van der Waals surface area contributed by atoms with Gasteiger partial charge in [-0.1, -0.05) is 19.4 Å². The lowest BCUT2D eigenvalue weighted by Crippen LogP contribution is -1.99. The van der Waals surface area contributed by atoms with Crippen LogP contribution in [0.2, 0.25) is 0 Å². The zero-order valence-electron chi connectivity index (χ0n) is 14.9. The van der Waals surface area contributed by atoms with Crippen LogP contribution in [0.15, 0.2) is 36.7 Å². The first-order valence-electron chi connectivity index (χ1n) is 8.84. The average molecular weight is 333 g/mol. The quantitative estimate of drug-likeness (QED) is 0.536. The SMILES string of the molecule is CCCCn1ccc2c(Nc3c(C)ccc4[nH]c(C)nc34)nccc21. The number of nitrogens with zero attached hydrogens (tertiary/aromatic N) is 3. The molecule has 5 nitrogen and oxygen atoms in total. The molecule has 0 aliphatic heterocycles. The third-order valence-electron chi connectivity index (χ3n) is 4.68. The number of benzene rings is 1. The van der Waals surface area contributed by atoms with E-state index in [4.69, 9.17) is 0 Å². The van der Waals surface area contributed by atoms with Gasteiger partial charge >= 0.3 is 0 Å². The molecule has 128 valence electrons. The van der Waals surface area contributed by atoms with Crippen LogP contribution < -0.4 is 5.32 Å².